The molecule has 0 saturated carbocycles. The van der Waals surface area contributed by atoms with Crippen LogP contribution in [0, 0.1) is 0 Å². The summed E-state index contributed by atoms with van der Waals surface area (Å²) in [6.07, 6.45) is 1.62. The van der Waals surface area contributed by atoms with Crippen LogP contribution in [0.4, 0.5) is 11.4 Å². The number of amides is 1. The van der Waals surface area contributed by atoms with Gasteiger partial charge in [0, 0.05) is 17.3 Å². The molecule has 1 amide bonds. The van der Waals surface area contributed by atoms with E-state index in [-0.39, 0.29) is 5.91 Å². The molecule has 0 bridgehead atoms. The molecular weight excluding hydrogens is 286 g/mol. The van der Waals surface area contributed by atoms with E-state index in [0.29, 0.717) is 22.0 Å². The number of fused-ring (bicyclic) bond motifs is 1. The molecule has 4 nitrogen and oxygen atoms in total. The lowest BCUT2D eigenvalue weighted by Gasteiger charge is -2.08. The van der Waals surface area contributed by atoms with Crippen molar-refractivity contribution < 1.29 is 4.79 Å². The van der Waals surface area contributed by atoms with Gasteiger partial charge in [0.1, 0.15) is 0 Å². The summed E-state index contributed by atoms with van der Waals surface area (Å²) in [4.78, 5) is 16.7. The quantitative estimate of drug-likeness (QED) is 0.708. The number of nitrogens with two attached hydrogens (primary N) is 1. The largest absolute Gasteiger partial charge is 0.398 e. The monoisotopic (exact) mass is 297 g/mol. The molecule has 0 radical (unpaired) electrons. The second-order valence-electron chi connectivity index (χ2n) is 4.57. The maximum Gasteiger partial charge on any atom is 0.256 e. The molecule has 3 N–H and O–H groups in total. The van der Waals surface area contributed by atoms with E-state index in [9.17, 15) is 4.79 Å². The van der Waals surface area contributed by atoms with Crippen LogP contribution in [0.25, 0.3) is 10.9 Å². The van der Waals surface area contributed by atoms with E-state index in [4.69, 9.17) is 17.3 Å². The Hall–Kier alpha value is -2.59. The lowest BCUT2D eigenvalue weighted by molar-refractivity contribution is 0.102. The van der Waals surface area contributed by atoms with E-state index < -0.39 is 0 Å². The van der Waals surface area contributed by atoms with E-state index >= 15 is 0 Å². The van der Waals surface area contributed by atoms with Gasteiger partial charge in [-0.15, -0.1) is 0 Å². The van der Waals surface area contributed by atoms with Gasteiger partial charge < -0.3 is 11.1 Å². The van der Waals surface area contributed by atoms with Gasteiger partial charge in [-0.05, 0) is 30.3 Å². The second kappa shape index (κ2) is 5.42. The summed E-state index contributed by atoms with van der Waals surface area (Å²) in [5.41, 5.74) is 8.07. The number of para-hydroxylation sites is 1. The highest BCUT2D eigenvalue weighted by Crippen LogP contribution is 2.24. The number of nitrogens with zero attached hydrogens (tertiary/aromatic N) is 1. The van der Waals surface area contributed by atoms with E-state index in [2.05, 4.69) is 10.3 Å². The van der Waals surface area contributed by atoms with Crippen molar-refractivity contribution in [3.63, 3.8) is 0 Å². The molecule has 0 unspecified atom stereocenters. The number of benzene rings is 2. The van der Waals surface area contributed by atoms with E-state index in [1.165, 1.54) is 0 Å². The molecule has 0 aliphatic carbocycles. The van der Waals surface area contributed by atoms with Gasteiger partial charge in [0.2, 0.25) is 0 Å². The van der Waals surface area contributed by atoms with Gasteiger partial charge in [0.15, 0.2) is 0 Å². The van der Waals surface area contributed by atoms with Crippen LogP contribution in [0.5, 0.6) is 0 Å². The summed E-state index contributed by atoms with van der Waals surface area (Å²) in [5, 5.41) is 4.03. The standard InChI is InChI=1S/C16H12ClN3O/c17-13-9-10(5-6-14(13)18)20-16(21)12-7-8-19-15-4-2-1-3-11(12)15/h1-9H,18H2,(H,20,21). The number of rotatable bonds is 2. The fourth-order valence-corrected chi connectivity index (χ4v) is 2.28. The first-order valence-electron chi connectivity index (χ1n) is 6.35. The zero-order chi connectivity index (χ0) is 14.8. The van der Waals surface area contributed by atoms with E-state index in [1.54, 1.807) is 30.5 Å². The number of nitrogens with one attached hydrogen (secondary N) is 1. The Morgan fingerprint density at radius 1 is 1.14 bits per heavy atom. The van der Waals surface area contributed by atoms with Crippen molar-refractivity contribution in [2.45, 2.75) is 0 Å². The van der Waals surface area contributed by atoms with E-state index in [1.807, 2.05) is 24.3 Å². The smallest absolute Gasteiger partial charge is 0.256 e. The maximum absolute atomic E-state index is 12.4. The van der Waals surface area contributed by atoms with Gasteiger partial charge >= 0.3 is 0 Å². The first-order chi connectivity index (χ1) is 10.1. The minimum Gasteiger partial charge on any atom is -0.398 e. The van der Waals surface area contributed by atoms with Crippen molar-refractivity contribution in [2.24, 2.45) is 0 Å². The van der Waals surface area contributed by atoms with Gasteiger partial charge in [0.05, 0.1) is 21.8 Å². The number of carbonyl (C=O) groups is 1. The predicted molar refractivity (Wildman–Crippen MR) is 85.6 cm³/mol. The number of aromatic nitrogens is 1. The first kappa shape index (κ1) is 13.4. The molecule has 21 heavy (non-hydrogen) atoms. The zero-order valence-corrected chi connectivity index (χ0v) is 11.8. The molecule has 104 valence electrons. The van der Waals surface area contributed by atoms with Gasteiger partial charge in [-0.2, -0.15) is 0 Å². The fraction of sp³-hybridized carbons (Fsp3) is 0. The molecular formula is C16H12ClN3O. The number of carbonyl (C=O) groups excluding carboxylic acids is 1. The van der Waals surface area contributed by atoms with Gasteiger partial charge in [-0.3, -0.25) is 9.78 Å². The summed E-state index contributed by atoms with van der Waals surface area (Å²) in [6, 6.07) is 14.2. The third-order valence-corrected chi connectivity index (χ3v) is 3.48. The molecule has 0 fully saturated rings. The SMILES string of the molecule is Nc1ccc(NC(=O)c2ccnc3ccccc23)cc1Cl. The highest BCUT2D eigenvalue weighted by molar-refractivity contribution is 6.33. The summed E-state index contributed by atoms with van der Waals surface area (Å²) in [6.45, 7) is 0. The second-order valence-corrected chi connectivity index (χ2v) is 4.97. The Labute approximate surface area is 126 Å². The minimum atomic E-state index is -0.213. The molecule has 0 aliphatic heterocycles. The number of nitrogen functional groups attached to an aromatic ring is 1. The molecule has 0 spiro atoms. The van der Waals surface area contributed by atoms with Crippen molar-refractivity contribution in [1.29, 1.82) is 0 Å². The van der Waals surface area contributed by atoms with Crippen molar-refractivity contribution in [3.8, 4) is 0 Å². The molecule has 1 heterocycles. The van der Waals surface area contributed by atoms with Crippen LogP contribution in [0.1, 0.15) is 10.4 Å². The van der Waals surface area contributed by atoms with Crippen molar-refractivity contribution >= 4 is 39.8 Å². The number of pyridine rings is 1. The first-order valence-corrected chi connectivity index (χ1v) is 6.73. The number of halogens is 1. The molecule has 0 atom stereocenters. The summed E-state index contributed by atoms with van der Waals surface area (Å²) in [7, 11) is 0. The highest BCUT2D eigenvalue weighted by atomic mass is 35.5. The Kier molecular flexibility index (Phi) is 3.46. The van der Waals surface area contributed by atoms with Gasteiger partial charge in [-0.1, -0.05) is 29.8 Å². The molecule has 0 saturated heterocycles. The van der Waals surface area contributed by atoms with E-state index in [0.717, 1.165) is 10.9 Å². The van der Waals surface area contributed by atoms with Gasteiger partial charge in [-0.25, -0.2) is 0 Å². The molecule has 0 aliphatic rings. The third-order valence-electron chi connectivity index (χ3n) is 3.15. The van der Waals surface area contributed by atoms with Gasteiger partial charge in [0.25, 0.3) is 5.91 Å². The predicted octanol–water partition coefficient (Wildman–Crippen LogP) is 3.72. The Morgan fingerprint density at radius 2 is 1.95 bits per heavy atom. The number of hydrogen-bond acceptors (Lipinski definition) is 3. The lowest BCUT2D eigenvalue weighted by atomic mass is 10.1. The van der Waals surface area contributed by atoms with Crippen molar-refractivity contribution in [3.05, 3.63) is 65.3 Å². The van der Waals surface area contributed by atoms with Crippen LogP contribution in [0.15, 0.2) is 54.7 Å². The topological polar surface area (TPSA) is 68.0 Å². The Balaban J connectivity index is 1.95. The fourth-order valence-electron chi connectivity index (χ4n) is 2.10. The third kappa shape index (κ3) is 2.66. The van der Waals surface area contributed by atoms with Crippen LogP contribution in [0.2, 0.25) is 5.02 Å². The minimum absolute atomic E-state index is 0.213. The van der Waals surface area contributed by atoms with Crippen LogP contribution in [-0.2, 0) is 0 Å². The van der Waals surface area contributed by atoms with Crippen LogP contribution in [-0.4, -0.2) is 10.9 Å². The van der Waals surface area contributed by atoms with Crippen LogP contribution in [0.3, 0.4) is 0 Å². The Morgan fingerprint density at radius 3 is 2.76 bits per heavy atom. The summed E-state index contributed by atoms with van der Waals surface area (Å²) < 4.78 is 0. The van der Waals surface area contributed by atoms with Crippen molar-refractivity contribution in [2.75, 3.05) is 11.1 Å². The zero-order valence-electron chi connectivity index (χ0n) is 11.0. The molecule has 5 heteroatoms. The molecule has 3 rings (SSSR count). The normalized spacial score (nSPS) is 10.5. The van der Waals surface area contributed by atoms with Crippen LogP contribution < -0.4 is 11.1 Å². The summed E-state index contributed by atoms with van der Waals surface area (Å²) >= 11 is 5.95. The highest BCUT2D eigenvalue weighted by Gasteiger charge is 2.11. The average Bonchev–Trinajstić information content (AvgIpc) is 2.50. The number of anilines is 2. The average molecular weight is 298 g/mol. The van der Waals surface area contributed by atoms with Crippen LogP contribution >= 0.6 is 11.6 Å². The molecule has 3 aromatic rings. The number of hydrogen-bond donors (Lipinski definition) is 2. The Bertz CT molecular complexity index is 827. The summed E-state index contributed by atoms with van der Waals surface area (Å²) in [5.74, 6) is -0.213. The maximum atomic E-state index is 12.4. The lowest BCUT2D eigenvalue weighted by Crippen LogP contribution is -2.12. The molecule has 1 aromatic heterocycles. The molecule has 2 aromatic carbocycles. The van der Waals surface area contributed by atoms with Crippen molar-refractivity contribution in [1.82, 2.24) is 4.98 Å².